The molecule has 0 radical (unpaired) electrons. The highest BCUT2D eigenvalue weighted by atomic mass is 16.5. The van der Waals surface area contributed by atoms with Gasteiger partial charge < -0.3 is 4.74 Å². The van der Waals surface area contributed by atoms with E-state index in [1.807, 2.05) is 0 Å². The molecule has 20 heavy (non-hydrogen) atoms. The zero-order valence-electron chi connectivity index (χ0n) is 12.4. The zero-order valence-corrected chi connectivity index (χ0v) is 12.4. The minimum Gasteiger partial charge on any atom is -0.426 e. The maximum absolute atomic E-state index is 12.1. The number of carbonyl (C=O) groups is 1. The largest absolute Gasteiger partial charge is 0.426 e. The number of esters is 1. The number of fused-ring (bicyclic) bond motifs is 3. The van der Waals surface area contributed by atoms with Crippen LogP contribution in [0.1, 0.15) is 68.9 Å². The minimum atomic E-state index is 0.00732. The molecule has 0 aromatic heterocycles. The van der Waals surface area contributed by atoms with E-state index in [9.17, 15) is 4.79 Å². The van der Waals surface area contributed by atoms with Crippen LogP contribution in [-0.4, -0.2) is 5.97 Å². The van der Waals surface area contributed by atoms with E-state index in [1.54, 1.807) is 0 Å². The molecule has 1 aromatic carbocycles. The highest BCUT2D eigenvalue weighted by Crippen LogP contribution is 2.45. The predicted molar refractivity (Wildman–Crippen MR) is 80.0 cm³/mol. The van der Waals surface area contributed by atoms with Crippen LogP contribution in [0, 0.1) is 5.92 Å². The van der Waals surface area contributed by atoms with Crippen LogP contribution in [0.4, 0.5) is 0 Å². The van der Waals surface area contributed by atoms with Crippen molar-refractivity contribution in [2.75, 3.05) is 0 Å². The lowest BCUT2D eigenvalue weighted by atomic mass is 9.74. The Morgan fingerprint density at radius 3 is 2.75 bits per heavy atom. The van der Waals surface area contributed by atoms with E-state index in [1.165, 1.54) is 43.2 Å². The van der Waals surface area contributed by atoms with Crippen molar-refractivity contribution in [2.24, 2.45) is 5.92 Å². The third kappa shape index (κ3) is 2.61. The van der Waals surface area contributed by atoms with Gasteiger partial charge >= 0.3 is 5.97 Å². The number of ether oxygens (including phenoxy) is 1. The van der Waals surface area contributed by atoms with Crippen molar-refractivity contribution >= 4 is 5.97 Å². The summed E-state index contributed by atoms with van der Waals surface area (Å²) < 4.78 is 5.61. The Kier molecular flexibility index (Phi) is 4.09. The number of carbonyl (C=O) groups excluding carboxylic acids is 1. The van der Waals surface area contributed by atoms with Gasteiger partial charge in [-0.2, -0.15) is 0 Å². The summed E-state index contributed by atoms with van der Waals surface area (Å²) in [7, 11) is 0. The molecular weight excluding hydrogens is 248 g/mol. The normalized spacial score (nSPS) is 24.8. The van der Waals surface area contributed by atoms with Crippen molar-refractivity contribution in [3.05, 3.63) is 29.3 Å². The lowest BCUT2D eigenvalue weighted by molar-refractivity contribution is -0.142. The van der Waals surface area contributed by atoms with Gasteiger partial charge in [0.2, 0.25) is 0 Å². The van der Waals surface area contributed by atoms with E-state index in [0.29, 0.717) is 5.92 Å². The Balaban J connectivity index is 1.81. The van der Waals surface area contributed by atoms with Gasteiger partial charge in [0.1, 0.15) is 5.75 Å². The highest BCUT2D eigenvalue weighted by molar-refractivity contribution is 5.79. The highest BCUT2D eigenvalue weighted by Gasteiger charge is 2.38. The first-order valence-corrected chi connectivity index (χ1v) is 8.14. The fraction of sp³-hybridized carbons (Fsp3) is 0.611. The monoisotopic (exact) mass is 272 g/mol. The molecule has 3 rings (SSSR count). The SMILES string of the molecule is CCCCCc1ccc2c(c1)OC(=O)C1CCCCC21. The second kappa shape index (κ2) is 5.99. The van der Waals surface area contributed by atoms with E-state index in [2.05, 4.69) is 25.1 Å². The Labute approximate surface area is 121 Å². The molecule has 2 heteroatoms. The molecule has 2 atom stereocenters. The van der Waals surface area contributed by atoms with Crippen LogP contribution in [-0.2, 0) is 11.2 Å². The van der Waals surface area contributed by atoms with Crippen LogP contribution < -0.4 is 4.74 Å². The first-order chi connectivity index (χ1) is 9.79. The molecule has 2 unspecified atom stereocenters. The third-order valence-electron chi connectivity index (χ3n) is 4.83. The molecule has 108 valence electrons. The van der Waals surface area contributed by atoms with Gasteiger partial charge in [0.25, 0.3) is 0 Å². The van der Waals surface area contributed by atoms with Crippen LogP contribution in [0.2, 0.25) is 0 Å². The first kappa shape index (κ1) is 13.7. The molecule has 0 N–H and O–H groups in total. The smallest absolute Gasteiger partial charge is 0.314 e. The molecule has 0 saturated heterocycles. The minimum absolute atomic E-state index is 0.00732. The van der Waals surface area contributed by atoms with Gasteiger partial charge in [0.15, 0.2) is 0 Å². The van der Waals surface area contributed by atoms with Crippen molar-refractivity contribution in [3.63, 3.8) is 0 Å². The average Bonchev–Trinajstić information content (AvgIpc) is 2.48. The molecule has 0 spiro atoms. The Hall–Kier alpha value is -1.31. The van der Waals surface area contributed by atoms with E-state index in [0.717, 1.165) is 25.0 Å². The Morgan fingerprint density at radius 1 is 1.15 bits per heavy atom. The third-order valence-corrected chi connectivity index (χ3v) is 4.83. The van der Waals surface area contributed by atoms with Gasteiger partial charge in [-0.05, 0) is 42.9 Å². The Morgan fingerprint density at radius 2 is 1.95 bits per heavy atom. The van der Waals surface area contributed by atoms with Crippen LogP contribution in [0.5, 0.6) is 5.75 Å². The summed E-state index contributed by atoms with van der Waals surface area (Å²) in [6, 6.07) is 6.55. The summed E-state index contributed by atoms with van der Waals surface area (Å²) in [4.78, 5) is 12.1. The van der Waals surface area contributed by atoms with Crippen molar-refractivity contribution in [2.45, 2.75) is 64.2 Å². The maximum Gasteiger partial charge on any atom is 0.314 e. The molecule has 1 aliphatic carbocycles. The molecular formula is C18H24O2. The predicted octanol–water partition coefficient (Wildman–Crippen LogP) is 4.61. The van der Waals surface area contributed by atoms with E-state index >= 15 is 0 Å². The molecule has 0 amide bonds. The van der Waals surface area contributed by atoms with Gasteiger partial charge in [-0.3, -0.25) is 4.79 Å². The summed E-state index contributed by atoms with van der Waals surface area (Å²) in [6.07, 6.45) is 9.36. The summed E-state index contributed by atoms with van der Waals surface area (Å²) in [5.74, 6) is 1.37. The van der Waals surface area contributed by atoms with Crippen molar-refractivity contribution in [1.29, 1.82) is 0 Å². The standard InChI is InChI=1S/C18H24O2/c1-2-3-4-7-13-10-11-15-14-8-5-6-9-16(14)18(19)20-17(15)12-13/h10-12,14,16H,2-9H2,1H3. The number of rotatable bonds is 4. The first-order valence-electron chi connectivity index (χ1n) is 8.14. The lowest BCUT2D eigenvalue weighted by Crippen LogP contribution is -2.33. The van der Waals surface area contributed by atoms with E-state index < -0.39 is 0 Å². The molecule has 2 nitrogen and oxygen atoms in total. The molecule has 2 aliphatic rings. The van der Waals surface area contributed by atoms with Crippen LogP contribution in [0.15, 0.2) is 18.2 Å². The fourth-order valence-corrected chi connectivity index (χ4v) is 3.68. The lowest BCUT2D eigenvalue weighted by Gasteiger charge is -2.35. The number of hydrogen-bond donors (Lipinski definition) is 0. The topological polar surface area (TPSA) is 26.3 Å². The van der Waals surface area contributed by atoms with Gasteiger partial charge in [-0.15, -0.1) is 0 Å². The molecule has 1 heterocycles. The fourth-order valence-electron chi connectivity index (χ4n) is 3.68. The summed E-state index contributed by atoms with van der Waals surface area (Å²) in [6.45, 7) is 2.22. The van der Waals surface area contributed by atoms with Crippen molar-refractivity contribution < 1.29 is 9.53 Å². The van der Waals surface area contributed by atoms with Crippen molar-refractivity contribution in [3.8, 4) is 5.75 Å². The number of benzene rings is 1. The van der Waals surface area contributed by atoms with Gasteiger partial charge in [-0.1, -0.05) is 44.7 Å². The zero-order chi connectivity index (χ0) is 13.9. The number of aryl methyl sites for hydroxylation is 1. The number of hydrogen-bond acceptors (Lipinski definition) is 2. The second-order valence-electron chi connectivity index (χ2n) is 6.25. The molecule has 1 fully saturated rings. The van der Waals surface area contributed by atoms with Crippen LogP contribution >= 0.6 is 0 Å². The second-order valence-corrected chi connectivity index (χ2v) is 6.25. The van der Waals surface area contributed by atoms with Crippen LogP contribution in [0.3, 0.4) is 0 Å². The van der Waals surface area contributed by atoms with Crippen molar-refractivity contribution in [1.82, 2.24) is 0 Å². The van der Waals surface area contributed by atoms with E-state index in [-0.39, 0.29) is 11.9 Å². The average molecular weight is 272 g/mol. The molecule has 1 aromatic rings. The molecule has 1 saturated carbocycles. The summed E-state index contributed by atoms with van der Waals surface area (Å²) in [5.41, 5.74) is 2.58. The quantitative estimate of drug-likeness (QED) is 0.454. The van der Waals surface area contributed by atoms with Gasteiger partial charge in [0, 0.05) is 5.92 Å². The summed E-state index contributed by atoms with van der Waals surface area (Å²) in [5, 5.41) is 0. The van der Waals surface area contributed by atoms with Gasteiger partial charge in [0.05, 0.1) is 5.92 Å². The van der Waals surface area contributed by atoms with E-state index in [4.69, 9.17) is 4.74 Å². The molecule has 1 aliphatic heterocycles. The summed E-state index contributed by atoms with van der Waals surface area (Å²) >= 11 is 0. The number of unbranched alkanes of at least 4 members (excludes halogenated alkanes) is 2. The molecule has 0 bridgehead atoms. The van der Waals surface area contributed by atoms with Crippen LogP contribution in [0.25, 0.3) is 0 Å². The van der Waals surface area contributed by atoms with Gasteiger partial charge in [-0.25, -0.2) is 0 Å². The maximum atomic E-state index is 12.1. The Bertz CT molecular complexity index is 492.